The molecule has 0 bridgehead atoms. The van der Waals surface area contributed by atoms with Gasteiger partial charge in [0.05, 0.1) is 22.3 Å². The van der Waals surface area contributed by atoms with Crippen LogP contribution in [0, 0.1) is 6.92 Å². The van der Waals surface area contributed by atoms with E-state index >= 15 is 0 Å². The Morgan fingerprint density at radius 3 is 2.92 bits per heavy atom. The predicted octanol–water partition coefficient (Wildman–Crippen LogP) is 1.88. The maximum absolute atomic E-state index is 11.4. The van der Waals surface area contributed by atoms with Gasteiger partial charge in [0.25, 0.3) is 5.56 Å². The van der Waals surface area contributed by atoms with Crippen LogP contribution in [0.1, 0.15) is 5.56 Å². The number of hydrogen-bond acceptors (Lipinski definition) is 2. The van der Waals surface area contributed by atoms with E-state index in [1.807, 2.05) is 13.0 Å². The van der Waals surface area contributed by atoms with E-state index in [-0.39, 0.29) is 5.56 Å². The fraction of sp³-hybridized carbons (Fsp3) is 0.111. The third-order valence-corrected chi connectivity index (χ3v) is 2.26. The van der Waals surface area contributed by atoms with E-state index in [9.17, 15) is 4.79 Å². The normalized spacial score (nSPS) is 10.6. The van der Waals surface area contributed by atoms with Crippen molar-refractivity contribution in [1.82, 2.24) is 9.97 Å². The van der Waals surface area contributed by atoms with Crippen molar-refractivity contribution in [2.45, 2.75) is 6.92 Å². The summed E-state index contributed by atoms with van der Waals surface area (Å²) in [6, 6.07) is 3.55. The molecule has 13 heavy (non-hydrogen) atoms. The molecule has 1 aromatic carbocycles. The Balaban J connectivity index is 3.09. The lowest BCUT2D eigenvalue weighted by atomic mass is 10.1. The van der Waals surface area contributed by atoms with Gasteiger partial charge in [-0.05, 0) is 18.6 Å². The van der Waals surface area contributed by atoms with Crippen LogP contribution in [0.4, 0.5) is 0 Å². The molecule has 1 aromatic heterocycles. The molecular formula is C9H7ClN2O. The molecule has 0 saturated heterocycles. The average Bonchev–Trinajstić information content (AvgIpc) is 2.12. The predicted molar refractivity (Wildman–Crippen MR) is 52.1 cm³/mol. The first-order chi connectivity index (χ1) is 6.20. The number of aromatic amines is 1. The fourth-order valence-corrected chi connectivity index (χ4v) is 1.51. The zero-order valence-electron chi connectivity index (χ0n) is 6.97. The molecule has 0 atom stereocenters. The maximum Gasteiger partial charge on any atom is 0.258 e. The highest BCUT2D eigenvalue weighted by molar-refractivity contribution is 6.35. The number of benzene rings is 1. The lowest BCUT2D eigenvalue weighted by Crippen LogP contribution is -2.07. The van der Waals surface area contributed by atoms with Crippen LogP contribution in [-0.4, -0.2) is 9.97 Å². The van der Waals surface area contributed by atoms with E-state index in [0.717, 1.165) is 5.56 Å². The summed E-state index contributed by atoms with van der Waals surface area (Å²) >= 11 is 5.89. The van der Waals surface area contributed by atoms with Crippen LogP contribution in [0.3, 0.4) is 0 Å². The van der Waals surface area contributed by atoms with Gasteiger partial charge in [0.1, 0.15) is 0 Å². The van der Waals surface area contributed by atoms with Gasteiger partial charge in [0.15, 0.2) is 0 Å². The number of aryl methyl sites for hydroxylation is 1. The Labute approximate surface area is 79.4 Å². The summed E-state index contributed by atoms with van der Waals surface area (Å²) in [5, 5.41) is 1.07. The Kier molecular flexibility index (Phi) is 1.81. The van der Waals surface area contributed by atoms with Crippen LogP contribution >= 0.6 is 11.6 Å². The van der Waals surface area contributed by atoms with Gasteiger partial charge in [-0.2, -0.15) is 0 Å². The van der Waals surface area contributed by atoms with Gasteiger partial charge >= 0.3 is 0 Å². The molecule has 0 radical (unpaired) electrons. The van der Waals surface area contributed by atoms with Crippen LogP contribution in [0.25, 0.3) is 10.9 Å². The summed E-state index contributed by atoms with van der Waals surface area (Å²) in [4.78, 5) is 17.9. The molecule has 0 aliphatic heterocycles. The lowest BCUT2D eigenvalue weighted by molar-refractivity contribution is 1.17. The Morgan fingerprint density at radius 1 is 1.46 bits per heavy atom. The van der Waals surface area contributed by atoms with Crippen LogP contribution in [-0.2, 0) is 0 Å². The molecule has 3 nitrogen and oxygen atoms in total. The van der Waals surface area contributed by atoms with Gasteiger partial charge < -0.3 is 4.98 Å². The molecule has 0 fully saturated rings. The third kappa shape index (κ3) is 1.21. The standard InChI is InChI=1S/C9H7ClN2O/c1-5-2-3-6(10)8-7(5)9(13)12-4-11-8/h2-4H,1H3,(H,11,12,13). The zero-order chi connectivity index (χ0) is 9.42. The number of nitrogens with one attached hydrogen (secondary N) is 1. The third-order valence-electron chi connectivity index (χ3n) is 1.95. The van der Waals surface area contributed by atoms with Gasteiger partial charge in [-0.15, -0.1) is 0 Å². The van der Waals surface area contributed by atoms with Crippen molar-refractivity contribution >= 4 is 22.5 Å². The van der Waals surface area contributed by atoms with Gasteiger partial charge in [0.2, 0.25) is 0 Å². The summed E-state index contributed by atoms with van der Waals surface area (Å²) in [5.41, 5.74) is 1.30. The van der Waals surface area contributed by atoms with E-state index in [1.165, 1.54) is 6.33 Å². The van der Waals surface area contributed by atoms with Crippen molar-refractivity contribution in [3.05, 3.63) is 39.4 Å². The molecule has 0 aliphatic carbocycles. The number of hydrogen-bond donors (Lipinski definition) is 1. The molecule has 4 heteroatoms. The second kappa shape index (κ2) is 2.85. The van der Waals surface area contributed by atoms with E-state index < -0.39 is 0 Å². The van der Waals surface area contributed by atoms with E-state index in [0.29, 0.717) is 15.9 Å². The van der Waals surface area contributed by atoms with E-state index in [2.05, 4.69) is 9.97 Å². The fourth-order valence-electron chi connectivity index (χ4n) is 1.31. The number of halogens is 1. The topological polar surface area (TPSA) is 45.8 Å². The number of H-pyrrole nitrogens is 1. The van der Waals surface area contributed by atoms with Crippen molar-refractivity contribution in [1.29, 1.82) is 0 Å². The molecule has 0 spiro atoms. The smallest absolute Gasteiger partial charge is 0.258 e. The molecule has 0 aliphatic rings. The van der Waals surface area contributed by atoms with E-state index in [1.54, 1.807) is 6.07 Å². The number of nitrogens with zero attached hydrogens (tertiary/aromatic N) is 1. The number of fused-ring (bicyclic) bond motifs is 1. The van der Waals surface area contributed by atoms with Crippen LogP contribution in [0.15, 0.2) is 23.3 Å². The molecule has 0 unspecified atom stereocenters. The SMILES string of the molecule is Cc1ccc(Cl)c2nc[nH]c(=O)c12. The molecular weight excluding hydrogens is 188 g/mol. The minimum atomic E-state index is -0.148. The van der Waals surface area contributed by atoms with Gasteiger partial charge in [-0.1, -0.05) is 17.7 Å². The van der Waals surface area contributed by atoms with Crippen molar-refractivity contribution in [2.24, 2.45) is 0 Å². The molecule has 1 N–H and O–H groups in total. The number of aromatic nitrogens is 2. The first kappa shape index (κ1) is 8.26. The second-order valence-electron chi connectivity index (χ2n) is 2.82. The van der Waals surface area contributed by atoms with Crippen molar-refractivity contribution in [2.75, 3.05) is 0 Å². The minimum absolute atomic E-state index is 0.148. The van der Waals surface area contributed by atoms with Gasteiger partial charge in [0, 0.05) is 0 Å². The maximum atomic E-state index is 11.4. The molecule has 2 aromatic rings. The highest BCUT2D eigenvalue weighted by Crippen LogP contribution is 2.20. The largest absolute Gasteiger partial charge is 0.313 e. The van der Waals surface area contributed by atoms with Gasteiger partial charge in [-0.3, -0.25) is 4.79 Å². The highest BCUT2D eigenvalue weighted by Gasteiger charge is 2.05. The van der Waals surface area contributed by atoms with Crippen molar-refractivity contribution in [3.8, 4) is 0 Å². The molecule has 2 rings (SSSR count). The summed E-state index contributed by atoms with van der Waals surface area (Å²) in [6.45, 7) is 1.86. The van der Waals surface area contributed by atoms with Crippen LogP contribution < -0.4 is 5.56 Å². The molecule has 0 amide bonds. The average molecular weight is 195 g/mol. The summed E-state index contributed by atoms with van der Waals surface area (Å²) < 4.78 is 0. The Bertz CT molecular complexity index is 518. The van der Waals surface area contributed by atoms with Crippen molar-refractivity contribution < 1.29 is 0 Å². The zero-order valence-corrected chi connectivity index (χ0v) is 7.72. The van der Waals surface area contributed by atoms with E-state index in [4.69, 9.17) is 11.6 Å². The first-order valence-electron chi connectivity index (χ1n) is 3.82. The minimum Gasteiger partial charge on any atom is -0.313 e. The number of rotatable bonds is 0. The van der Waals surface area contributed by atoms with Crippen molar-refractivity contribution in [3.63, 3.8) is 0 Å². The summed E-state index contributed by atoms with van der Waals surface area (Å²) in [5.74, 6) is 0. The summed E-state index contributed by atoms with van der Waals surface area (Å²) in [6.07, 6.45) is 1.36. The lowest BCUT2D eigenvalue weighted by Gasteiger charge is -2.00. The van der Waals surface area contributed by atoms with Crippen LogP contribution in [0.2, 0.25) is 5.02 Å². The monoisotopic (exact) mass is 194 g/mol. The molecule has 1 heterocycles. The second-order valence-corrected chi connectivity index (χ2v) is 3.23. The van der Waals surface area contributed by atoms with Gasteiger partial charge in [-0.25, -0.2) is 4.98 Å². The Hall–Kier alpha value is -1.35. The summed E-state index contributed by atoms with van der Waals surface area (Å²) in [7, 11) is 0. The molecule has 0 saturated carbocycles. The Morgan fingerprint density at radius 2 is 2.23 bits per heavy atom. The highest BCUT2D eigenvalue weighted by atomic mass is 35.5. The quantitative estimate of drug-likeness (QED) is 0.696. The first-order valence-corrected chi connectivity index (χ1v) is 4.20. The van der Waals surface area contributed by atoms with Crippen LogP contribution in [0.5, 0.6) is 0 Å². The molecule has 66 valence electrons.